The highest BCUT2D eigenvalue weighted by Crippen LogP contribution is 2.30. The van der Waals surface area contributed by atoms with E-state index in [1.807, 2.05) is 20.8 Å². The molecule has 0 saturated heterocycles. The number of aliphatic hydroxyl groups excluding tert-OH is 1. The Morgan fingerprint density at radius 2 is 2.11 bits per heavy atom. The van der Waals surface area contributed by atoms with Crippen molar-refractivity contribution < 1.29 is 14.8 Å². The van der Waals surface area contributed by atoms with Gasteiger partial charge >= 0.3 is 5.69 Å². The van der Waals surface area contributed by atoms with Gasteiger partial charge in [-0.2, -0.15) is 0 Å². The summed E-state index contributed by atoms with van der Waals surface area (Å²) in [5, 5.41) is 23.0. The number of nitrogens with one attached hydrogen (secondary N) is 1. The number of hydrogen-bond acceptors (Lipinski definition) is 5. The van der Waals surface area contributed by atoms with E-state index in [1.165, 1.54) is 6.07 Å². The van der Waals surface area contributed by atoms with Crippen LogP contribution in [0.15, 0.2) is 18.2 Å². The maximum atomic E-state index is 10.9. The van der Waals surface area contributed by atoms with Gasteiger partial charge in [0.25, 0.3) is 0 Å². The van der Waals surface area contributed by atoms with Crippen molar-refractivity contribution >= 4 is 11.4 Å². The number of nitro groups is 1. The molecule has 0 fully saturated rings. The van der Waals surface area contributed by atoms with E-state index >= 15 is 0 Å². The number of nitrogens with zero attached hydrogens (tertiary/aromatic N) is 1. The molecule has 1 rings (SSSR count). The Morgan fingerprint density at radius 3 is 2.63 bits per heavy atom. The molecule has 0 spiro atoms. The molecule has 6 heteroatoms. The second-order valence-electron chi connectivity index (χ2n) is 4.77. The van der Waals surface area contributed by atoms with Crippen molar-refractivity contribution in [3.63, 3.8) is 0 Å². The molecule has 6 nitrogen and oxygen atoms in total. The van der Waals surface area contributed by atoms with Crippen LogP contribution < -0.4 is 10.1 Å². The van der Waals surface area contributed by atoms with Crippen LogP contribution in [0.4, 0.5) is 11.4 Å². The van der Waals surface area contributed by atoms with E-state index in [-0.39, 0.29) is 30.1 Å². The van der Waals surface area contributed by atoms with Crippen LogP contribution in [0.3, 0.4) is 0 Å². The maximum Gasteiger partial charge on any atom is 0.311 e. The molecular weight excluding hydrogens is 248 g/mol. The summed E-state index contributed by atoms with van der Waals surface area (Å²) >= 11 is 0. The maximum absolute atomic E-state index is 10.9. The molecule has 0 aromatic heterocycles. The molecule has 0 aliphatic heterocycles. The van der Waals surface area contributed by atoms with Crippen molar-refractivity contribution in [2.45, 2.75) is 26.9 Å². The standard InChI is InChI=1S/C13H20N2O4/c1-9(2)19-13-6-11(14-7-10(3)8-16)4-5-12(13)15(17)18/h4-6,9-10,14,16H,7-8H2,1-3H3. The number of nitro benzene ring substituents is 1. The molecule has 0 bridgehead atoms. The van der Waals surface area contributed by atoms with E-state index in [1.54, 1.807) is 12.1 Å². The fourth-order valence-electron chi connectivity index (χ4n) is 1.48. The fraction of sp³-hybridized carbons (Fsp3) is 0.538. The lowest BCUT2D eigenvalue weighted by molar-refractivity contribution is -0.386. The summed E-state index contributed by atoms with van der Waals surface area (Å²) in [5.41, 5.74) is 0.691. The molecule has 0 aliphatic carbocycles. The first-order valence-corrected chi connectivity index (χ1v) is 6.23. The molecule has 19 heavy (non-hydrogen) atoms. The monoisotopic (exact) mass is 268 g/mol. The first-order chi connectivity index (χ1) is 8.93. The number of hydrogen-bond donors (Lipinski definition) is 2. The Kier molecular flexibility index (Phi) is 5.57. The highest BCUT2D eigenvalue weighted by molar-refractivity contribution is 5.58. The predicted octanol–water partition coefficient (Wildman–Crippen LogP) is 2.42. The third-order valence-electron chi connectivity index (χ3n) is 2.49. The number of anilines is 1. The highest BCUT2D eigenvalue weighted by atomic mass is 16.6. The third-order valence-corrected chi connectivity index (χ3v) is 2.49. The zero-order valence-corrected chi connectivity index (χ0v) is 11.4. The van der Waals surface area contributed by atoms with Gasteiger partial charge in [-0.3, -0.25) is 10.1 Å². The molecule has 0 heterocycles. The van der Waals surface area contributed by atoms with Crippen LogP contribution in [0.1, 0.15) is 20.8 Å². The molecule has 2 N–H and O–H groups in total. The van der Waals surface area contributed by atoms with Gasteiger partial charge in [0, 0.05) is 31.0 Å². The lowest BCUT2D eigenvalue weighted by atomic mass is 10.2. The summed E-state index contributed by atoms with van der Waals surface area (Å²) in [6.45, 7) is 6.23. The second kappa shape index (κ2) is 6.94. The SMILES string of the molecule is CC(CO)CNc1ccc([N+](=O)[O-])c(OC(C)C)c1. The summed E-state index contributed by atoms with van der Waals surface area (Å²) in [6, 6.07) is 4.67. The molecule has 0 radical (unpaired) electrons. The van der Waals surface area contributed by atoms with Gasteiger partial charge in [0.15, 0.2) is 5.75 Å². The Morgan fingerprint density at radius 1 is 1.42 bits per heavy atom. The lowest BCUT2D eigenvalue weighted by Gasteiger charge is -2.14. The normalized spacial score (nSPS) is 12.3. The van der Waals surface area contributed by atoms with Gasteiger partial charge in [-0.05, 0) is 25.8 Å². The average Bonchev–Trinajstić information content (AvgIpc) is 2.35. The smallest absolute Gasteiger partial charge is 0.311 e. The van der Waals surface area contributed by atoms with Crippen molar-refractivity contribution in [2.24, 2.45) is 5.92 Å². The van der Waals surface area contributed by atoms with Crippen LogP contribution in [-0.4, -0.2) is 29.3 Å². The Bertz CT molecular complexity index is 435. The third kappa shape index (κ3) is 4.75. The van der Waals surface area contributed by atoms with Gasteiger partial charge in [-0.1, -0.05) is 6.92 Å². The average molecular weight is 268 g/mol. The predicted molar refractivity (Wildman–Crippen MR) is 73.6 cm³/mol. The van der Waals surface area contributed by atoms with E-state index in [0.717, 1.165) is 5.69 Å². The van der Waals surface area contributed by atoms with Crippen LogP contribution in [0, 0.1) is 16.0 Å². The number of aliphatic hydroxyl groups is 1. The van der Waals surface area contributed by atoms with E-state index in [0.29, 0.717) is 6.54 Å². The lowest BCUT2D eigenvalue weighted by Crippen LogP contribution is -2.14. The van der Waals surface area contributed by atoms with E-state index < -0.39 is 4.92 Å². The minimum Gasteiger partial charge on any atom is -0.484 e. The van der Waals surface area contributed by atoms with E-state index in [2.05, 4.69) is 5.32 Å². The van der Waals surface area contributed by atoms with Crippen molar-refractivity contribution in [1.82, 2.24) is 0 Å². The summed E-state index contributed by atoms with van der Waals surface area (Å²) in [5.74, 6) is 0.367. The molecule has 1 unspecified atom stereocenters. The van der Waals surface area contributed by atoms with Gasteiger partial charge in [0.1, 0.15) is 0 Å². The van der Waals surface area contributed by atoms with Crippen molar-refractivity contribution in [2.75, 3.05) is 18.5 Å². The Hall–Kier alpha value is -1.82. The Balaban J connectivity index is 2.88. The minimum absolute atomic E-state index is 0.0468. The molecule has 106 valence electrons. The van der Waals surface area contributed by atoms with Crippen LogP contribution >= 0.6 is 0 Å². The van der Waals surface area contributed by atoms with Crippen LogP contribution in [0.5, 0.6) is 5.75 Å². The molecule has 0 saturated carbocycles. The minimum atomic E-state index is -0.460. The topological polar surface area (TPSA) is 84.6 Å². The first kappa shape index (κ1) is 15.2. The number of rotatable bonds is 7. The van der Waals surface area contributed by atoms with Crippen molar-refractivity contribution in [3.8, 4) is 5.75 Å². The van der Waals surface area contributed by atoms with Crippen LogP contribution in [0.25, 0.3) is 0 Å². The summed E-state index contributed by atoms with van der Waals surface area (Å²) in [4.78, 5) is 10.4. The molecule has 1 aromatic carbocycles. The highest BCUT2D eigenvalue weighted by Gasteiger charge is 2.16. The van der Waals surface area contributed by atoms with Crippen molar-refractivity contribution in [3.05, 3.63) is 28.3 Å². The van der Waals surface area contributed by atoms with Gasteiger partial charge in [0.05, 0.1) is 11.0 Å². The van der Waals surface area contributed by atoms with Crippen molar-refractivity contribution in [1.29, 1.82) is 0 Å². The second-order valence-corrected chi connectivity index (χ2v) is 4.77. The van der Waals surface area contributed by atoms with E-state index in [9.17, 15) is 10.1 Å². The van der Waals surface area contributed by atoms with Crippen LogP contribution in [-0.2, 0) is 0 Å². The molecule has 1 aromatic rings. The molecular formula is C13H20N2O4. The zero-order chi connectivity index (χ0) is 14.4. The zero-order valence-electron chi connectivity index (χ0n) is 11.4. The summed E-state index contributed by atoms with van der Waals surface area (Å²) in [6.07, 6.45) is -0.134. The quantitative estimate of drug-likeness (QED) is 0.586. The molecule has 1 atom stereocenters. The van der Waals surface area contributed by atoms with E-state index in [4.69, 9.17) is 9.84 Å². The first-order valence-electron chi connectivity index (χ1n) is 6.23. The van der Waals surface area contributed by atoms with Gasteiger partial charge in [-0.15, -0.1) is 0 Å². The molecule has 0 amide bonds. The number of benzene rings is 1. The van der Waals surface area contributed by atoms with Gasteiger partial charge in [0.2, 0.25) is 0 Å². The Labute approximate surface area is 112 Å². The summed E-state index contributed by atoms with van der Waals surface area (Å²) in [7, 11) is 0. The van der Waals surface area contributed by atoms with Gasteiger partial charge < -0.3 is 15.2 Å². The largest absolute Gasteiger partial charge is 0.484 e. The summed E-state index contributed by atoms with van der Waals surface area (Å²) < 4.78 is 5.45. The number of ether oxygens (including phenoxy) is 1. The fourth-order valence-corrected chi connectivity index (χ4v) is 1.48. The van der Waals surface area contributed by atoms with Gasteiger partial charge in [-0.25, -0.2) is 0 Å². The molecule has 0 aliphatic rings. The van der Waals surface area contributed by atoms with Crippen LogP contribution in [0.2, 0.25) is 0 Å².